The monoisotopic (exact) mass is 404 g/mol. The van der Waals surface area contributed by atoms with Gasteiger partial charge in [0.1, 0.15) is 0 Å². The smallest absolute Gasteiger partial charge is 0.252 e. The zero-order chi connectivity index (χ0) is 21.1. The van der Waals surface area contributed by atoms with Crippen molar-refractivity contribution in [1.29, 1.82) is 0 Å². The van der Waals surface area contributed by atoms with E-state index in [9.17, 15) is 9.59 Å². The van der Waals surface area contributed by atoms with Gasteiger partial charge in [0.25, 0.3) is 5.56 Å². The SMILES string of the molecule is Cc1cccc(N2C[C@@H](c3cc(=O)[nH]c(NCCc4cnccn4)n3)CC2=O)c1C. The Bertz CT molecular complexity index is 1110. The van der Waals surface area contributed by atoms with Crippen molar-refractivity contribution in [3.05, 3.63) is 75.7 Å². The highest BCUT2D eigenvalue weighted by Gasteiger charge is 2.33. The van der Waals surface area contributed by atoms with E-state index >= 15 is 0 Å². The lowest BCUT2D eigenvalue weighted by Crippen LogP contribution is -2.25. The van der Waals surface area contributed by atoms with Crippen molar-refractivity contribution in [2.24, 2.45) is 0 Å². The van der Waals surface area contributed by atoms with Gasteiger partial charge in [-0.25, -0.2) is 4.98 Å². The molecule has 1 saturated heterocycles. The molecule has 1 fully saturated rings. The summed E-state index contributed by atoms with van der Waals surface area (Å²) in [5, 5.41) is 3.14. The van der Waals surface area contributed by atoms with Gasteiger partial charge in [-0.3, -0.25) is 24.5 Å². The number of aryl methyl sites for hydroxylation is 1. The first kappa shape index (κ1) is 19.8. The molecule has 0 aliphatic carbocycles. The first-order valence-corrected chi connectivity index (χ1v) is 9.98. The molecular formula is C22H24N6O2. The summed E-state index contributed by atoms with van der Waals surface area (Å²) in [6.45, 7) is 5.13. The van der Waals surface area contributed by atoms with E-state index in [1.807, 2.05) is 32.0 Å². The van der Waals surface area contributed by atoms with Gasteiger partial charge in [0.05, 0.1) is 11.4 Å². The van der Waals surface area contributed by atoms with Crippen molar-refractivity contribution in [1.82, 2.24) is 19.9 Å². The van der Waals surface area contributed by atoms with E-state index in [-0.39, 0.29) is 17.4 Å². The molecule has 1 aromatic carbocycles. The molecule has 0 saturated carbocycles. The molecule has 1 atom stereocenters. The van der Waals surface area contributed by atoms with Crippen molar-refractivity contribution < 1.29 is 4.79 Å². The molecule has 3 aromatic rings. The Morgan fingerprint density at radius 2 is 2.10 bits per heavy atom. The molecule has 1 aliphatic rings. The van der Waals surface area contributed by atoms with E-state index in [1.54, 1.807) is 23.5 Å². The molecule has 0 bridgehead atoms. The van der Waals surface area contributed by atoms with E-state index in [4.69, 9.17) is 0 Å². The Labute approximate surface area is 174 Å². The molecule has 154 valence electrons. The maximum atomic E-state index is 12.7. The second-order valence-electron chi connectivity index (χ2n) is 7.52. The molecule has 0 unspecified atom stereocenters. The van der Waals surface area contributed by atoms with E-state index in [0.29, 0.717) is 37.6 Å². The van der Waals surface area contributed by atoms with Crippen LogP contribution >= 0.6 is 0 Å². The van der Waals surface area contributed by atoms with Crippen LogP contribution in [0.5, 0.6) is 0 Å². The summed E-state index contributed by atoms with van der Waals surface area (Å²) < 4.78 is 0. The van der Waals surface area contributed by atoms with Gasteiger partial charge in [0, 0.05) is 62.2 Å². The third kappa shape index (κ3) is 4.22. The first-order chi connectivity index (χ1) is 14.5. The van der Waals surface area contributed by atoms with Gasteiger partial charge in [-0.1, -0.05) is 12.1 Å². The van der Waals surface area contributed by atoms with Crippen LogP contribution in [-0.4, -0.2) is 38.9 Å². The molecule has 2 N–H and O–H groups in total. The van der Waals surface area contributed by atoms with Gasteiger partial charge < -0.3 is 10.2 Å². The third-order valence-corrected chi connectivity index (χ3v) is 5.46. The minimum Gasteiger partial charge on any atom is -0.355 e. The van der Waals surface area contributed by atoms with Gasteiger partial charge in [-0.2, -0.15) is 0 Å². The lowest BCUT2D eigenvalue weighted by atomic mass is 10.0. The summed E-state index contributed by atoms with van der Waals surface area (Å²) in [6, 6.07) is 7.45. The van der Waals surface area contributed by atoms with Crippen molar-refractivity contribution in [3.63, 3.8) is 0 Å². The Hall–Kier alpha value is -3.55. The molecule has 0 radical (unpaired) electrons. The van der Waals surface area contributed by atoms with E-state index in [1.165, 1.54) is 6.07 Å². The molecule has 8 nitrogen and oxygen atoms in total. The number of carbonyl (C=O) groups is 1. The summed E-state index contributed by atoms with van der Waals surface area (Å²) >= 11 is 0. The van der Waals surface area contributed by atoms with E-state index in [2.05, 4.69) is 25.3 Å². The number of H-pyrrole nitrogens is 1. The van der Waals surface area contributed by atoms with Crippen LogP contribution in [0.25, 0.3) is 0 Å². The maximum absolute atomic E-state index is 12.7. The summed E-state index contributed by atoms with van der Waals surface area (Å²) in [5.41, 5.74) is 4.41. The number of hydrogen-bond donors (Lipinski definition) is 2. The quantitative estimate of drug-likeness (QED) is 0.654. The molecule has 30 heavy (non-hydrogen) atoms. The number of carbonyl (C=O) groups excluding carboxylic acids is 1. The van der Waals surface area contributed by atoms with Crippen LogP contribution in [0.4, 0.5) is 11.6 Å². The zero-order valence-corrected chi connectivity index (χ0v) is 17.1. The number of rotatable bonds is 6. The summed E-state index contributed by atoms with van der Waals surface area (Å²) in [5.74, 6) is 0.326. The van der Waals surface area contributed by atoms with Crippen LogP contribution in [0, 0.1) is 13.8 Å². The lowest BCUT2D eigenvalue weighted by Gasteiger charge is -2.20. The topological polar surface area (TPSA) is 104 Å². The minimum atomic E-state index is -0.236. The Morgan fingerprint density at radius 3 is 2.90 bits per heavy atom. The number of nitrogens with zero attached hydrogens (tertiary/aromatic N) is 4. The van der Waals surface area contributed by atoms with Gasteiger partial charge >= 0.3 is 0 Å². The molecule has 0 spiro atoms. The van der Waals surface area contributed by atoms with Crippen molar-refractivity contribution in [2.75, 3.05) is 23.3 Å². The molecule has 8 heteroatoms. The number of anilines is 2. The fourth-order valence-corrected chi connectivity index (χ4v) is 3.70. The standard InChI is InChI=1S/C22H24N6O2/c1-14-4-3-5-19(15(14)2)28-13-16(10-21(28)30)18-11-20(29)27-22(26-18)25-7-6-17-12-23-8-9-24-17/h3-5,8-9,11-12,16H,6-7,10,13H2,1-2H3,(H2,25,26,27,29)/t16-/m0/s1. The molecule has 3 heterocycles. The van der Waals surface area contributed by atoms with Crippen LogP contribution in [0.1, 0.15) is 34.9 Å². The van der Waals surface area contributed by atoms with Crippen LogP contribution in [0.15, 0.2) is 47.7 Å². The van der Waals surface area contributed by atoms with Gasteiger partial charge in [-0.15, -0.1) is 0 Å². The Balaban J connectivity index is 1.48. The van der Waals surface area contributed by atoms with Crippen LogP contribution in [0.3, 0.4) is 0 Å². The third-order valence-electron chi connectivity index (χ3n) is 5.46. The Kier molecular flexibility index (Phi) is 5.56. The average molecular weight is 404 g/mol. The molecule has 4 rings (SSSR count). The average Bonchev–Trinajstić information content (AvgIpc) is 3.12. The van der Waals surface area contributed by atoms with Crippen molar-refractivity contribution in [3.8, 4) is 0 Å². The number of aromatic amines is 1. The minimum absolute atomic E-state index is 0.0490. The van der Waals surface area contributed by atoms with E-state index in [0.717, 1.165) is 22.5 Å². The number of hydrogen-bond acceptors (Lipinski definition) is 6. The second-order valence-corrected chi connectivity index (χ2v) is 7.52. The normalized spacial score (nSPS) is 16.1. The van der Waals surface area contributed by atoms with Crippen LogP contribution in [-0.2, 0) is 11.2 Å². The molecule has 2 aromatic heterocycles. The van der Waals surface area contributed by atoms with Crippen molar-refractivity contribution >= 4 is 17.5 Å². The largest absolute Gasteiger partial charge is 0.355 e. The highest BCUT2D eigenvalue weighted by Crippen LogP contribution is 2.33. The van der Waals surface area contributed by atoms with Gasteiger partial charge in [0.2, 0.25) is 11.9 Å². The predicted molar refractivity (Wildman–Crippen MR) is 115 cm³/mol. The first-order valence-electron chi connectivity index (χ1n) is 9.98. The van der Waals surface area contributed by atoms with E-state index < -0.39 is 0 Å². The summed E-state index contributed by atoms with van der Waals surface area (Å²) in [7, 11) is 0. The summed E-state index contributed by atoms with van der Waals surface area (Å²) in [4.78, 5) is 42.2. The maximum Gasteiger partial charge on any atom is 0.252 e. The number of aromatic nitrogens is 4. The zero-order valence-electron chi connectivity index (χ0n) is 17.1. The predicted octanol–water partition coefficient (Wildman–Crippen LogP) is 2.35. The highest BCUT2D eigenvalue weighted by atomic mass is 16.2. The van der Waals surface area contributed by atoms with Gasteiger partial charge in [-0.05, 0) is 31.0 Å². The summed E-state index contributed by atoms with van der Waals surface area (Å²) in [6.07, 6.45) is 5.98. The fourth-order valence-electron chi connectivity index (χ4n) is 3.70. The Morgan fingerprint density at radius 1 is 1.23 bits per heavy atom. The van der Waals surface area contributed by atoms with Crippen LogP contribution < -0.4 is 15.8 Å². The van der Waals surface area contributed by atoms with Crippen LogP contribution in [0.2, 0.25) is 0 Å². The lowest BCUT2D eigenvalue weighted by molar-refractivity contribution is -0.117. The van der Waals surface area contributed by atoms with Gasteiger partial charge in [0.15, 0.2) is 0 Å². The molecule has 1 amide bonds. The fraction of sp³-hybridized carbons (Fsp3) is 0.318. The number of nitrogens with one attached hydrogen (secondary N) is 2. The highest BCUT2D eigenvalue weighted by molar-refractivity contribution is 5.97. The molecular weight excluding hydrogens is 380 g/mol. The number of benzene rings is 1. The van der Waals surface area contributed by atoms with Crippen molar-refractivity contribution in [2.45, 2.75) is 32.6 Å². The molecule has 1 aliphatic heterocycles. The second kappa shape index (κ2) is 8.44. The number of amides is 1.